The SMILES string of the molecule is CC(C)CCNC(=O)C(C)Oc1cc(C(=O)O)ccc1Br. The number of hydrogen-bond acceptors (Lipinski definition) is 3. The van der Waals surface area contributed by atoms with Crippen LogP contribution < -0.4 is 10.1 Å². The molecule has 6 heteroatoms. The molecule has 1 aromatic carbocycles. The van der Waals surface area contributed by atoms with E-state index >= 15 is 0 Å². The third-order valence-electron chi connectivity index (χ3n) is 2.87. The molecular weight excluding hydrogens is 338 g/mol. The molecule has 1 atom stereocenters. The van der Waals surface area contributed by atoms with Crippen LogP contribution in [-0.2, 0) is 4.79 Å². The van der Waals surface area contributed by atoms with E-state index in [9.17, 15) is 9.59 Å². The zero-order chi connectivity index (χ0) is 16.0. The molecule has 0 saturated carbocycles. The normalized spacial score (nSPS) is 12.0. The fraction of sp³-hybridized carbons (Fsp3) is 0.467. The molecule has 0 spiro atoms. The van der Waals surface area contributed by atoms with Crippen LogP contribution in [-0.4, -0.2) is 29.6 Å². The lowest BCUT2D eigenvalue weighted by atomic mass is 10.1. The quantitative estimate of drug-likeness (QED) is 0.786. The monoisotopic (exact) mass is 357 g/mol. The second-order valence-corrected chi connectivity index (χ2v) is 6.04. The van der Waals surface area contributed by atoms with Gasteiger partial charge < -0.3 is 15.2 Å². The van der Waals surface area contributed by atoms with Gasteiger partial charge in [-0.2, -0.15) is 0 Å². The first kappa shape index (κ1) is 17.5. The lowest BCUT2D eigenvalue weighted by Crippen LogP contribution is -2.37. The smallest absolute Gasteiger partial charge is 0.335 e. The van der Waals surface area contributed by atoms with Gasteiger partial charge in [0.2, 0.25) is 0 Å². The first-order valence-electron chi connectivity index (χ1n) is 6.78. The van der Waals surface area contributed by atoms with Crippen molar-refractivity contribution in [1.29, 1.82) is 0 Å². The average molecular weight is 358 g/mol. The van der Waals surface area contributed by atoms with Crippen LogP contribution in [0.15, 0.2) is 22.7 Å². The number of benzene rings is 1. The van der Waals surface area contributed by atoms with Gasteiger partial charge in [0.15, 0.2) is 6.10 Å². The number of rotatable bonds is 7. The Morgan fingerprint density at radius 3 is 2.57 bits per heavy atom. The topological polar surface area (TPSA) is 75.6 Å². The van der Waals surface area contributed by atoms with Crippen LogP contribution in [0.5, 0.6) is 5.75 Å². The van der Waals surface area contributed by atoms with Gasteiger partial charge >= 0.3 is 5.97 Å². The summed E-state index contributed by atoms with van der Waals surface area (Å²) in [5.41, 5.74) is 0.112. The highest BCUT2D eigenvalue weighted by molar-refractivity contribution is 9.10. The van der Waals surface area contributed by atoms with Crippen LogP contribution in [0, 0.1) is 5.92 Å². The molecule has 0 aliphatic rings. The molecule has 21 heavy (non-hydrogen) atoms. The van der Waals surface area contributed by atoms with E-state index in [4.69, 9.17) is 9.84 Å². The van der Waals surface area contributed by atoms with Gasteiger partial charge in [-0.3, -0.25) is 4.79 Å². The van der Waals surface area contributed by atoms with Crippen LogP contribution in [0.1, 0.15) is 37.6 Å². The highest BCUT2D eigenvalue weighted by Crippen LogP contribution is 2.27. The standard InChI is InChI=1S/C15H20BrNO4/c1-9(2)6-7-17-14(18)10(3)21-13-8-11(15(19)20)4-5-12(13)16/h4-5,8-10H,6-7H2,1-3H3,(H,17,18)(H,19,20). The molecule has 0 fully saturated rings. The van der Waals surface area contributed by atoms with Gasteiger partial charge in [-0.25, -0.2) is 4.79 Å². The number of ether oxygens (including phenoxy) is 1. The summed E-state index contributed by atoms with van der Waals surface area (Å²) in [6.07, 6.45) is 0.203. The molecule has 0 radical (unpaired) electrons. The molecule has 1 amide bonds. The summed E-state index contributed by atoms with van der Waals surface area (Å²) < 4.78 is 6.14. The summed E-state index contributed by atoms with van der Waals surface area (Å²) in [5.74, 6) is -0.408. The zero-order valence-electron chi connectivity index (χ0n) is 12.4. The molecule has 0 heterocycles. The Hall–Kier alpha value is -1.56. The van der Waals surface area contributed by atoms with E-state index in [1.54, 1.807) is 13.0 Å². The number of carboxylic acids is 1. The van der Waals surface area contributed by atoms with E-state index in [1.807, 2.05) is 0 Å². The van der Waals surface area contributed by atoms with Crippen LogP contribution in [0.4, 0.5) is 0 Å². The second kappa shape index (κ2) is 8.02. The Kier molecular flexibility index (Phi) is 6.68. The van der Waals surface area contributed by atoms with Gasteiger partial charge in [0.25, 0.3) is 5.91 Å². The number of amides is 1. The van der Waals surface area contributed by atoms with Crippen molar-refractivity contribution in [3.63, 3.8) is 0 Å². The van der Waals surface area contributed by atoms with E-state index in [2.05, 4.69) is 35.1 Å². The zero-order valence-corrected chi connectivity index (χ0v) is 13.9. The number of carbonyl (C=O) groups is 2. The van der Waals surface area contributed by atoms with Crippen LogP contribution in [0.25, 0.3) is 0 Å². The van der Waals surface area contributed by atoms with Gasteiger partial charge in [0, 0.05) is 6.54 Å². The highest BCUT2D eigenvalue weighted by atomic mass is 79.9. The van der Waals surface area contributed by atoms with Gasteiger partial charge in [0.05, 0.1) is 10.0 Å². The molecule has 5 nitrogen and oxygen atoms in total. The number of hydrogen-bond donors (Lipinski definition) is 2. The van der Waals surface area contributed by atoms with Gasteiger partial charge in [0.1, 0.15) is 5.75 Å². The summed E-state index contributed by atoms with van der Waals surface area (Å²) >= 11 is 3.28. The van der Waals surface area contributed by atoms with Crippen molar-refractivity contribution in [2.24, 2.45) is 5.92 Å². The largest absolute Gasteiger partial charge is 0.480 e. The van der Waals surface area contributed by atoms with E-state index in [-0.39, 0.29) is 11.5 Å². The Bertz CT molecular complexity index is 516. The maximum absolute atomic E-state index is 11.9. The molecule has 1 aromatic rings. The summed E-state index contributed by atoms with van der Waals surface area (Å²) in [5, 5.41) is 11.8. The minimum absolute atomic E-state index is 0.112. The van der Waals surface area contributed by atoms with E-state index < -0.39 is 12.1 Å². The first-order chi connectivity index (χ1) is 9.81. The molecule has 0 aromatic heterocycles. The van der Waals surface area contributed by atoms with Gasteiger partial charge in [-0.1, -0.05) is 13.8 Å². The van der Waals surface area contributed by atoms with Crippen molar-refractivity contribution in [3.05, 3.63) is 28.2 Å². The Balaban J connectivity index is 2.65. The van der Waals surface area contributed by atoms with Crippen molar-refractivity contribution < 1.29 is 19.4 Å². The molecular formula is C15H20BrNO4. The predicted molar refractivity (Wildman–Crippen MR) is 83.7 cm³/mol. The van der Waals surface area contributed by atoms with Gasteiger partial charge in [-0.15, -0.1) is 0 Å². The Labute approximate surface area is 132 Å². The van der Waals surface area contributed by atoms with E-state index in [1.165, 1.54) is 12.1 Å². The second-order valence-electron chi connectivity index (χ2n) is 5.18. The molecule has 0 aliphatic carbocycles. The molecule has 1 rings (SSSR count). The Morgan fingerprint density at radius 1 is 1.33 bits per heavy atom. The predicted octanol–water partition coefficient (Wildman–Crippen LogP) is 3.08. The fourth-order valence-electron chi connectivity index (χ4n) is 1.60. The fourth-order valence-corrected chi connectivity index (χ4v) is 1.94. The lowest BCUT2D eigenvalue weighted by Gasteiger charge is -2.16. The third kappa shape index (κ3) is 5.75. The summed E-state index contributed by atoms with van der Waals surface area (Å²) in [6.45, 7) is 6.40. The minimum Gasteiger partial charge on any atom is -0.480 e. The first-order valence-corrected chi connectivity index (χ1v) is 7.57. The van der Waals surface area contributed by atoms with Crippen molar-refractivity contribution in [1.82, 2.24) is 5.32 Å². The summed E-state index contributed by atoms with van der Waals surface area (Å²) in [4.78, 5) is 22.8. The molecule has 0 bridgehead atoms. The third-order valence-corrected chi connectivity index (χ3v) is 3.53. The number of halogens is 1. The van der Waals surface area contributed by atoms with Crippen molar-refractivity contribution in [3.8, 4) is 5.75 Å². The van der Waals surface area contributed by atoms with Crippen LogP contribution >= 0.6 is 15.9 Å². The average Bonchev–Trinajstić information content (AvgIpc) is 2.40. The van der Waals surface area contributed by atoms with E-state index in [0.717, 1.165) is 6.42 Å². The molecule has 0 saturated heterocycles. The van der Waals surface area contributed by atoms with Crippen molar-refractivity contribution in [2.45, 2.75) is 33.3 Å². The number of carbonyl (C=O) groups excluding carboxylic acids is 1. The Morgan fingerprint density at radius 2 is 2.00 bits per heavy atom. The van der Waals surface area contributed by atoms with Crippen LogP contribution in [0.3, 0.4) is 0 Å². The molecule has 116 valence electrons. The van der Waals surface area contributed by atoms with E-state index in [0.29, 0.717) is 22.7 Å². The molecule has 2 N–H and O–H groups in total. The van der Waals surface area contributed by atoms with Gasteiger partial charge in [-0.05, 0) is 53.4 Å². The van der Waals surface area contributed by atoms with Crippen molar-refractivity contribution >= 4 is 27.8 Å². The highest BCUT2D eigenvalue weighted by Gasteiger charge is 2.17. The maximum Gasteiger partial charge on any atom is 0.335 e. The maximum atomic E-state index is 11.9. The summed E-state index contributed by atoms with van der Waals surface area (Å²) in [6, 6.07) is 4.44. The molecule has 0 aliphatic heterocycles. The molecule has 1 unspecified atom stereocenters. The number of nitrogens with one attached hydrogen (secondary N) is 1. The van der Waals surface area contributed by atoms with Crippen LogP contribution in [0.2, 0.25) is 0 Å². The summed E-state index contributed by atoms with van der Waals surface area (Å²) in [7, 11) is 0. The number of aromatic carboxylic acids is 1. The number of carboxylic acid groups (broad SMARTS) is 1. The lowest BCUT2D eigenvalue weighted by molar-refractivity contribution is -0.127. The minimum atomic E-state index is -1.04. The van der Waals surface area contributed by atoms with Crippen molar-refractivity contribution in [2.75, 3.05) is 6.54 Å².